The fourth-order valence-corrected chi connectivity index (χ4v) is 2.97. The molecule has 0 aliphatic carbocycles. The Morgan fingerprint density at radius 2 is 2.14 bits per heavy atom. The Hall–Kier alpha value is -1.46. The predicted molar refractivity (Wildman–Crippen MR) is 86.9 cm³/mol. The number of thiocarbonyl (C=S) groups is 1. The molecule has 1 fully saturated rings. The van der Waals surface area contributed by atoms with Crippen LogP contribution < -0.4 is 5.73 Å². The summed E-state index contributed by atoms with van der Waals surface area (Å²) in [5, 5.41) is 10.1. The Morgan fingerprint density at radius 3 is 2.71 bits per heavy atom. The average molecular weight is 306 g/mol. The van der Waals surface area contributed by atoms with Gasteiger partial charge in [0.15, 0.2) is 0 Å². The van der Waals surface area contributed by atoms with Gasteiger partial charge in [0.25, 0.3) is 0 Å². The van der Waals surface area contributed by atoms with Gasteiger partial charge in [0.2, 0.25) is 5.91 Å². The summed E-state index contributed by atoms with van der Waals surface area (Å²) < 4.78 is 0. The summed E-state index contributed by atoms with van der Waals surface area (Å²) in [6.45, 7) is 2.77. The maximum Gasteiger partial charge on any atom is 0.232 e. The van der Waals surface area contributed by atoms with Crippen LogP contribution in [0, 0.1) is 5.92 Å². The van der Waals surface area contributed by atoms with Crippen LogP contribution in [-0.4, -0.2) is 39.6 Å². The molecule has 1 aliphatic heterocycles. The molecule has 2 rings (SSSR count). The largest absolute Gasteiger partial charge is 0.393 e. The molecule has 0 spiro atoms. The third-order valence-corrected chi connectivity index (χ3v) is 4.20. The summed E-state index contributed by atoms with van der Waals surface area (Å²) in [7, 11) is 0. The molecular formula is C16H22N2O2S. The maximum absolute atomic E-state index is 12.7. The van der Waals surface area contributed by atoms with Crippen molar-refractivity contribution in [3.63, 3.8) is 0 Å². The highest BCUT2D eigenvalue weighted by atomic mass is 32.1. The van der Waals surface area contributed by atoms with Gasteiger partial charge < -0.3 is 15.7 Å². The summed E-state index contributed by atoms with van der Waals surface area (Å²) >= 11 is 5.09. The second kappa shape index (κ2) is 6.54. The van der Waals surface area contributed by atoms with Gasteiger partial charge in [-0.2, -0.15) is 0 Å². The lowest BCUT2D eigenvalue weighted by Crippen LogP contribution is -2.52. The summed E-state index contributed by atoms with van der Waals surface area (Å²) in [5.41, 5.74) is 6.00. The van der Waals surface area contributed by atoms with Crippen LogP contribution in [0.5, 0.6) is 0 Å². The minimum Gasteiger partial charge on any atom is -0.393 e. The fraction of sp³-hybridized carbons (Fsp3) is 0.500. The molecule has 4 nitrogen and oxygen atoms in total. The van der Waals surface area contributed by atoms with E-state index in [0.717, 1.165) is 12.0 Å². The van der Waals surface area contributed by atoms with Crippen LogP contribution in [0.4, 0.5) is 0 Å². The normalized spacial score (nSPS) is 23.6. The summed E-state index contributed by atoms with van der Waals surface area (Å²) in [6, 6.07) is 9.73. The molecular weight excluding hydrogens is 284 g/mol. The van der Waals surface area contributed by atoms with E-state index in [2.05, 4.69) is 0 Å². The molecule has 21 heavy (non-hydrogen) atoms. The summed E-state index contributed by atoms with van der Waals surface area (Å²) in [4.78, 5) is 14.6. The number of piperidine rings is 1. The second-order valence-corrected chi connectivity index (χ2v) is 6.48. The van der Waals surface area contributed by atoms with Gasteiger partial charge in [-0.1, -0.05) is 42.5 Å². The van der Waals surface area contributed by atoms with Crippen LogP contribution in [-0.2, 0) is 11.2 Å². The fourth-order valence-electron chi connectivity index (χ4n) is 2.79. The molecule has 3 N–H and O–H groups in total. The number of nitrogens with two attached hydrogens (primary N) is 1. The molecule has 0 radical (unpaired) electrons. The van der Waals surface area contributed by atoms with Crippen LogP contribution >= 0.6 is 12.2 Å². The number of likely N-dealkylation sites (tertiary alicyclic amines) is 1. The number of amides is 1. The Labute approximate surface area is 130 Å². The van der Waals surface area contributed by atoms with E-state index < -0.39 is 11.5 Å². The molecule has 1 aromatic rings. The van der Waals surface area contributed by atoms with E-state index in [9.17, 15) is 9.90 Å². The van der Waals surface area contributed by atoms with Crippen LogP contribution in [0.1, 0.15) is 25.3 Å². The molecule has 1 saturated heterocycles. The number of benzene rings is 1. The van der Waals surface area contributed by atoms with Crippen molar-refractivity contribution in [2.75, 3.05) is 13.1 Å². The zero-order valence-electron chi connectivity index (χ0n) is 12.3. The Bertz CT molecular complexity index is 516. The molecule has 0 saturated carbocycles. The minimum atomic E-state index is -0.818. The molecule has 2 unspecified atom stereocenters. The van der Waals surface area contributed by atoms with Crippen molar-refractivity contribution in [2.45, 2.75) is 31.8 Å². The number of hydrogen-bond acceptors (Lipinski definition) is 3. The van der Waals surface area contributed by atoms with Gasteiger partial charge in [-0.25, -0.2) is 0 Å². The standard InChI is InChI=1S/C16H22N2O2S/c1-16(20)8-5-9-18(11-16)15(19)13(14(17)21)10-12-6-3-2-4-7-12/h2-4,6-7,13,20H,5,8-11H2,1H3,(H2,17,21). The predicted octanol–water partition coefficient (Wildman–Crippen LogP) is 1.50. The van der Waals surface area contributed by atoms with Gasteiger partial charge >= 0.3 is 0 Å². The summed E-state index contributed by atoms with van der Waals surface area (Å²) in [5.74, 6) is -0.581. The SMILES string of the molecule is CC1(O)CCCN(C(=O)C(Cc2ccccc2)C(N)=S)C1. The second-order valence-electron chi connectivity index (χ2n) is 6.00. The van der Waals surface area contributed by atoms with E-state index in [4.69, 9.17) is 18.0 Å². The van der Waals surface area contributed by atoms with Gasteiger partial charge in [-0.05, 0) is 31.7 Å². The molecule has 1 aliphatic rings. The lowest BCUT2D eigenvalue weighted by Gasteiger charge is -2.38. The third kappa shape index (κ3) is 4.25. The van der Waals surface area contributed by atoms with Crippen molar-refractivity contribution < 1.29 is 9.90 Å². The zero-order valence-corrected chi connectivity index (χ0v) is 13.1. The first-order valence-electron chi connectivity index (χ1n) is 7.23. The zero-order chi connectivity index (χ0) is 15.5. The van der Waals surface area contributed by atoms with Gasteiger partial charge in [0, 0.05) is 13.1 Å². The molecule has 0 aromatic heterocycles. The highest BCUT2D eigenvalue weighted by Crippen LogP contribution is 2.23. The van der Waals surface area contributed by atoms with Crippen molar-refractivity contribution >= 4 is 23.1 Å². The maximum atomic E-state index is 12.7. The van der Waals surface area contributed by atoms with Gasteiger partial charge in [-0.15, -0.1) is 0 Å². The number of carbonyl (C=O) groups excluding carboxylic acids is 1. The number of carbonyl (C=O) groups is 1. The van der Waals surface area contributed by atoms with Crippen LogP contribution in [0.15, 0.2) is 30.3 Å². The van der Waals surface area contributed by atoms with E-state index in [0.29, 0.717) is 25.9 Å². The lowest BCUT2D eigenvalue weighted by molar-refractivity contribution is -0.139. The first kappa shape index (κ1) is 15.9. The van der Waals surface area contributed by atoms with E-state index in [1.54, 1.807) is 11.8 Å². The quantitative estimate of drug-likeness (QED) is 0.828. The highest BCUT2D eigenvalue weighted by Gasteiger charge is 2.34. The molecule has 1 heterocycles. The molecule has 0 bridgehead atoms. The van der Waals surface area contributed by atoms with Gasteiger partial charge in [0.1, 0.15) is 0 Å². The summed E-state index contributed by atoms with van der Waals surface area (Å²) in [6.07, 6.45) is 2.02. The highest BCUT2D eigenvalue weighted by molar-refractivity contribution is 7.80. The third-order valence-electron chi connectivity index (χ3n) is 3.91. The molecule has 2 atom stereocenters. The first-order chi connectivity index (χ1) is 9.89. The van der Waals surface area contributed by atoms with Crippen LogP contribution in [0.2, 0.25) is 0 Å². The van der Waals surface area contributed by atoms with Crippen molar-refractivity contribution in [3.05, 3.63) is 35.9 Å². The molecule has 5 heteroatoms. The lowest BCUT2D eigenvalue weighted by atomic mass is 9.92. The van der Waals surface area contributed by atoms with E-state index in [-0.39, 0.29) is 10.9 Å². The molecule has 114 valence electrons. The topological polar surface area (TPSA) is 66.6 Å². The van der Waals surface area contributed by atoms with E-state index in [1.807, 2.05) is 30.3 Å². The minimum absolute atomic E-state index is 0.0775. The number of β-amino-alcohol motifs (C(OH)–C–C–N with tert-alkyl or cyclic N) is 1. The van der Waals surface area contributed by atoms with E-state index >= 15 is 0 Å². The Balaban J connectivity index is 2.11. The van der Waals surface area contributed by atoms with Crippen molar-refractivity contribution in [1.82, 2.24) is 4.90 Å². The monoisotopic (exact) mass is 306 g/mol. The van der Waals surface area contributed by atoms with Crippen LogP contribution in [0.3, 0.4) is 0 Å². The number of aliphatic hydroxyl groups is 1. The van der Waals surface area contributed by atoms with Crippen molar-refractivity contribution in [1.29, 1.82) is 0 Å². The number of rotatable bonds is 4. The van der Waals surface area contributed by atoms with Crippen molar-refractivity contribution in [2.24, 2.45) is 11.7 Å². The number of hydrogen-bond donors (Lipinski definition) is 2. The molecule has 1 amide bonds. The van der Waals surface area contributed by atoms with Gasteiger partial charge in [-0.3, -0.25) is 4.79 Å². The smallest absolute Gasteiger partial charge is 0.232 e. The Kier molecular flexibility index (Phi) is 4.96. The van der Waals surface area contributed by atoms with E-state index in [1.165, 1.54) is 0 Å². The van der Waals surface area contributed by atoms with Crippen LogP contribution in [0.25, 0.3) is 0 Å². The number of nitrogens with zero attached hydrogens (tertiary/aromatic N) is 1. The molecule has 1 aromatic carbocycles. The first-order valence-corrected chi connectivity index (χ1v) is 7.64. The Morgan fingerprint density at radius 1 is 1.48 bits per heavy atom. The average Bonchev–Trinajstić information content (AvgIpc) is 2.44. The van der Waals surface area contributed by atoms with Crippen molar-refractivity contribution in [3.8, 4) is 0 Å². The van der Waals surface area contributed by atoms with Gasteiger partial charge in [0.05, 0.1) is 16.5 Å².